The molecule has 2 amide bonds. The fourth-order valence-electron chi connectivity index (χ4n) is 2.35. The molecule has 2 rings (SSSR count). The number of methoxy groups -OCH3 is 1. The van der Waals surface area contributed by atoms with Crippen LogP contribution in [0.25, 0.3) is 0 Å². The van der Waals surface area contributed by atoms with E-state index >= 15 is 0 Å². The lowest BCUT2D eigenvalue weighted by Crippen LogP contribution is -2.42. The molecule has 0 aliphatic rings. The summed E-state index contributed by atoms with van der Waals surface area (Å²) in [6.45, 7) is 5.08. The van der Waals surface area contributed by atoms with Gasteiger partial charge in [-0.2, -0.15) is 0 Å². The number of carbonyl (C=O) groups excluding carboxylic acids is 2. The highest BCUT2D eigenvalue weighted by Gasteiger charge is 2.26. The average Bonchev–Trinajstić information content (AvgIpc) is 2.64. The third-order valence-corrected chi connectivity index (χ3v) is 5.58. The largest absolute Gasteiger partial charge is 0.495 e. The van der Waals surface area contributed by atoms with Crippen LogP contribution in [-0.2, 0) is 10.0 Å². The van der Waals surface area contributed by atoms with Crippen molar-refractivity contribution in [2.75, 3.05) is 7.11 Å². The number of ether oxygens (including phenoxy) is 1. The summed E-state index contributed by atoms with van der Waals surface area (Å²) in [6.07, 6.45) is 0. The summed E-state index contributed by atoms with van der Waals surface area (Å²) in [5.41, 5.74) is 4.10. The van der Waals surface area contributed by atoms with Crippen molar-refractivity contribution in [3.05, 3.63) is 58.6 Å². The molecule has 0 unspecified atom stereocenters. The molecule has 8 nitrogen and oxygen atoms in total. The van der Waals surface area contributed by atoms with Gasteiger partial charge < -0.3 is 4.74 Å². The summed E-state index contributed by atoms with van der Waals surface area (Å²) in [7, 11) is -2.62. The number of sulfonamides is 1. The second kappa shape index (κ2) is 8.81. The molecule has 0 fully saturated rings. The van der Waals surface area contributed by atoms with E-state index in [0.29, 0.717) is 10.6 Å². The molecule has 2 aromatic carbocycles. The predicted octanol–water partition coefficient (Wildman–Crippen LogP) is 2.50. The number of hydrazine groups is 1. The lowest BCUT2D eigenvalue weighted by atomic mass is 10.1. The molecule has 0 heterocycles. The molecule has 0 saturated carbocycles. The molecule has 29 heavy (non-hydrogen) atoms. The maximum absolute atomic E-state index is 12.7. The molecule has 0 radical (unpaired) electrons. The Hall–Kier alpha value is -2.62. The number of benzene rings is 2. The zero-order valence-electron chi connectivity index (χ0n) is 16.4. The Bertz CT molecular complexity index is 1020. The van der Waals surface area contributed by atoms with E-state index < -0.39 is 27.4 Å². The summed E-state index contributed by atoms with van der Waals surface area (Å²) in [6, 6.07) is 10.0. The van der Waals surface area contributed by atoms with Crippen molar-refractivity contribution < 1.29 is 22.7 Å². The lowest BCUT2D eigenvalue weighted by molar-refractivity contribution is 0.0846. The van der Waals surface area contributed by atoms with Gasteiger partial charge in [-0.25, -0.2) is 13.1 Å². The van der Waals surface area contributed by atoms with Crippen LogP contribution in [0, 0.1) is 0 Å². The number of halogens is 1. The fourth-order valence-corrected chi connectivity index (χ4v) is 4.09. The van der Waals surface area contributed by atoms with E-state index in [1.165, 1.54) is 37.4 Å². The maximum atomic E-state index is 12.7. The molecule has 0 atom stereocenters. The SMILES string of the molecule is COc1ccc(C(=O)NNC(=O)c2ccc(Cl)cc2)cc1S(=O)(=O)NC(C)(C)C. The topological polar surface area (TPSA) is 114 Å². The molecular weight excluding hydrogens is 418 g/mol. The summed E-state index contributed by atoms with van der Waals surface area (Å²) in [5, 5.41) is 0.474. The number of hydrogen-bond donors (Lipinski definition) is 3. The van der Waals surface area contributed by atoms with E-state index in [-0.39, 0.29) is 16.2 Å². The Labute approximate surface area is 174 Å². The van der Waals surface area contributed by atoms with E-state index in [0.717, 1.165) is 0 Å². The maximum Gasteiger partial charge on any atom is 0.269 e. The number of amides is 2. The second-order valence-corrected chi connectivity index (χ2v) is 9.22. The standard InChI is InChI=1S/C19H22ClN3O5S/c1-19(2,3)23-29(26,27)16-11-13(7-10-15(16)28-4)18(25)22-21-17(24)12-5-8-14(20)9-6-12/h5-11,23H,1-4H3,(H,21,24)(H,22,25). The van der Waals surface area contributed by atoms with Crippen molar-refractivity contribution in [2.24, 2.45) is 0 Å². The monoisotopic (exact) mass is 439 g/mol. The van der Waals surface area contributed by atoms with Gasteiger partial charge in [-0.1, -0.05) is 11.6 Å². The van der Waals surface area contributed by atoms with Crippen LogP contribution in [0.15, 0.2) is 47.4 Å². The summed E-state index contributed by atoms with van der Waals surface area (Å²) in [5.74, 6) is -1.16. The van der Waals surface area contributed by atoms with Gasteiger partial charge in [0.15, 0.2) is 0 Å². The van der Waals surface area contributed by atoms with Gasteiger partial charge >= 0.3 is 0 Å². The smallest absolute Gasteiger partial charge is 0.269 e. The van der Waals surface area contributed by atoms with Gasteiger partial charge in [0.1, 0.15) is 10.6 Å². The van der Waals surface area contributed by atoms with Gasteiger partial charge in [0.2, 0.25) is 10.0 Å². The van der Waals surface area contributed by atoms with Crippen LogP contribution >= 0.6 is 11.6 Å². The molecule has 2 aromatic rings. The Kier molecular flexibility index (Phi) is 6.89. The van der Waals surface area contributed by atoms with E-state index in [1.54, 1.807) is 32.9 Å². The van der Waals surface area contributed by atoms with Crippen molar-refractivity contribution in [1.29, 1.82) is 0 Å². The minimum Gasteiger partial charge on any atom is -0.495 e. The van der Waals surface area contributed by atoms with Crippen molar-refractivity contribution in [3.63, 3.8) is 0 Å². The molecular formula is C19H22ClN3O5S. The molecule has 0 saturated heterocycles. The van der Waals surface area contributed by atoms with E-state index in [9.17, 15) is 18.0 Å². The van der Waals surface area contributed by atoms with Crippen molar-refractivity contribution >= 4 is 33.4 Å². The van der Waals surface area contributed by atoms with Crippen LogP contribution in [0.5, 0.6) is 5.75 Å². The minimum absolute atomic E-state index is 0.0245. The number of nitrogens with one attached hydrogen (secondary N) is 3. The van der Waals surface area contributed by atoms with Crippen LogP contribution < -0.4 is 20.3 Å². The third kappa shape index (κ3) is 6.18. The third-order valence-electron chi connectivity index (χ3n) is 3.55. The van der Waals surface area contributed by atoms with E-state index in [4.69, 9.17) is 16.3 Å². The van der Waals surface area contributed by atoms with Gasteiger partial charge in [-0.3, -0.25) is 20.4 Å². The van der Waals surface area contributed by atoms with Gasteiger partial charge in [0.25, 0.3) is 11.8 Å². The number of hydrogen-bond acceptors (Lipinski definition) is 5. The molecule has 0 aromatic heterocycles. The first-order valence-electron chi connectivity index (χ1n) is 8.51. The van der Waals surface area contributed by atoms with Gasteiger partial charge in [-0.15, -0.1) is 0 Å². The first kappa shape index (κ1) is 22.7. The summed E-state index contributed by atoms with van der Waals surface area (Å²) in [4.78, 5) is 24.3. The second-order valence-electron chi connectivity index (χ2n) is 7.14. The van der Waals surface area contributed by atoms with Crippen LogP contribution in [0.3, 0.4) is 0 Å². The molecule has 0 aliphatic heterocycles. The molecule has 0 aliphatic carbocycles. The molecule has 3 N–H and O–H groups in total. The quantitative estimate of drug-likeness (QED) is 0.619. The van der Waals surface area contributed by atoms with E-state index in [1.807, 2.05) is 0 Å². The molecule has 10 heteroatoms. The highest BCUT2D eigenvalue weighted by atomic mass is 35.5. The van der Waals surface area contributed by atoms with Crippen molar-refractivity contribution in [3.8, 4) is 5.75 Å². The summed E-state index contributed by atoms with van der Waals surface area (Å²) >= 11 is 5.77. The van der Waals surface area contributed by atoms with E-state index in [2.05, 4.69) is 15.6 Å². The predicted molar refractivity (Wildman–Crippen MR) is 109 cm³/mol. The van der Waals surface area contributed by atoms with Gasteiger partial charge in [0.05, 0.1) is 7.11 Å². The Morgan fingerprint density at radius 1 is 0.931 bits per heavy atom. The van der Waals surface area contributed by atoms with Crippen LogP contribution in [0.1, 0.15) is 41.5 Å². The van der Waals surface area contributed by atoms with Crippen LogP contribution in [-0.4, -0.2) is 32.9 Å². The van der Waals surface area contributed by atoms with Crippen molar-refractivity contribution in [1.82, 2.24) is 15.6 Å². The fraction of sp³-hybridized carbons (Fsp3) is 0.263. The van der Waals surface area contributed by atoms with Gasteiger partial charge in [-0.05, 0) is 63.2 Å². The highest BCUT2D eigenvalue weighted by Crippen LogP contribution is 2.26. The number of rotatable bonds is 5. The van der Waals surface area contributed by atoms with Gasteiger partial charge in [0, 0.05) is 21.7 Å². The Morgan fingerprint density at radius 3 is 1.97 bits per heavy atom. The molecule has 156 valence electrons. The highest BCUT2D eigenvalue weighted by molar-refractivity contribution is 7.89. The normalized spacial score (nSPS) is 11.6. The first-order chi connectivity index (χ1) is 13.4. The molecule has 0 spiro atoms. The Morgan fingerprint density at radius 2 is 1.45 bits per heavy atom. The molecule has 0 bridgehead atoms. The Balaban J connectivity index is 2.20. The number of carbonyl (C=O) groups is 2. The zero-order valence-corrected chi connectivity index (χ0v) is 17.9. The summed E-state index contributed by atoms with van der Waals surface area (Å²) < 4.78 is 33.0. The first-order valence-corrected chi connectivity index (χ1v) is 10.4. The zero-order chi connectivity index (χ0) is 21.8. The van der Waals surface area contributed by atoms with Crippen LogP contribution in [0.4, 0.5) is 0 Å². The minimum atomic E-state index is -3.95. The van der Waals surface area contributed by atoms with Crippen molar-refractivity contribution in [2.45, 2.75) is 31.2 Å². The van der Waals surface area contributed by atoms with Crippen LogP contribution in [0.2, 0.25) is 5.02 Å². The lowest BCUT2D eigenvalue weighted by Gasteiger charge is -2.21. The average molecular weight is 440 g/mol.